The summed E-state index contributed by atoms with van der Waals surface area (Å²) in [5.41, 5.74) is 2.53. The number of aromatic amines is 1. The van der Waals surface area contributed by atoms with Crippen molar-refractivity contribution in [3.05, 3.63) is 30.0 Å². The Hall–Kier alpha value is -1.97. The van der Waals surface area contributed by atoms with E-state index >= 15 is 0 Å². The van der Waals surface area contributed by atoms with Crippen molar-refractivity contribution in [2.45, 2.75) is 39.7 Å². The minimum absolute atomic E-state index is 0.436. The summed E-state index contributed by atoms with van der Waals surface area (Å²) in [5, 5.41) is 3.93. The van der Waals surface area contributed by atoms with Gasteiger partial charge in [-0.3, -0.25) is 5.32 Å². The molecular weight excluding hydrogens is 240 g/mol. The molecule has 102 valence electrons. The van der Waals surface area contributed by atoms with Crippen molar-refractivity contribution in [3.8, 4) is 0 Å². The fourth-order valence-electron chi connectivity index (χ4n) is 1.98. The molecule has 0 aliphatic heterocycles. The number of aromatic nitrogens is 1. The van der Waals surface area contributed by atoms with E-state index in [1.807, 2.05) is 45.2 Å². The molecule has 0 radical (unpaired) electrons. The molecule has 0 aliphatic rings. The quantitative estimate of drug-likeness (QED) is 0.855. The average molecular weight is 260 g/mol. The number of hydrogen-bond acceptors (Lipinski definition) is 2. The third kappa shape index (κ3) is 3.28. The van der Waals surface area contributed by atoms with Gasteiger partial charge in [0.25, 0.3) is 0 Å². The highest BCUT2D eigenvalue weighted by atomic mass is 16.6. The molecule has 0 spiro atoms. The summed E-state index contributed by atoms with van der Waals surface area (Å²) in [6.45, 7) is 7.65. The van der Waals surface area contributed by atoms with Crippen LogP contribution in [0.15, 0.2) is 24.4 Å². The normalized spacial score (nSPS) is 11.6. The summed E-state index contributed by atoms with van der Waals surface area (Å²) in [7, 11) is 0. The highest BCUT2D eigenvalue weighted by molar-refractivity contribution is 5.91. The van der Waals surface area contributed by atoms with E-state index in [0.29, 0.717) is 0 Å². The first kappa shape index (κ1) is 13.5. The molecule has 2 N–H and O–H groups in total. The summed E-state index contributed by atoms with van der Waals surface area (Å²) in [4.78, 5) is 14.9. The van der Waals surface area contributed by atoms with Crippen LogP contribution in [0.1, 0.15) is 33.3 Å². The molecule has 0 aliphatic carbocycles. The van der Waals surface area contributed by atoms with Gasteiger partial charge in [-0.1, -0.05) is 13.0 Å². The summed E-state index contributed by atoms with van der Waals surface area (Å²) >= 11 is 0. The number of H-pyrrole nitrogens is 1. The van der Waals surface area contributed by atoms with Crippen molar-refractivity contribution >= 4 is 22.7 Å². The highest BCUT2D eigenvalue weighted by Crippen LogP contribution is 2.22. The Morgan fingerprint density at radius 2 is 2.11 bits per heavy atom. The Kier molecular flexibility index (Phi) is 3.51. The van der Waals surface area contributed by atoms with E-state index in [9.17, 15) is 4.79 Å². The van der Waals surface area contributed by atoms with Gasteiger partial charge in [0, 0.05) is 22.8 Å². The average Bonchev–Trinajstić information content (AvgIpc) is 2.68. The zero-order valence-corrected chi connectivity index (χ0v) is 11.8. The molecule has 1 amide bonds. The van der Waals surface area contributed by atoms with Gasteiger partial charge in [0.1, 0.15) is 5.60 Å². The Balaban J connectivity index is 2.16. The molecule has 0 saturated heterocycles. The molecule has 0 unspecified atom stereocenters. The lowest BCUT2D eigenvalue weighted by Gasteiger charge is -2.19. The second-order valence-corrected chi connectivity index (χ2v) is 5.55. The fraction of sp³-hybridized carbons (Fsp3) is 0.400. The van der Waals surface area contributed by atoms with E-state index in [4.69, 9.17) is 4.74 Å². The van der Waals surface area contributed by atoms with Gasteiger partial charge in [-0.2, -0.15) is 0 Å². The molecule has 1 heterocycles. The van der Waals surface area contributed by atoms with Gasteiger partial charge < -0.3 is 9.72 Å². The van der Waals surface area contributed by atoms with Crippen LogP contribution in [0.5, 0.6) is 0 Å². The second-order valence-electron chi connectivity index (χ2n) is 5.55. The Bertz CT molecular complexity index is 594. The number of anilines is 1. The molecule has 4 nitrogen and oxygen atoms in total. The second kappa shape index (κ2) is 4.96. The van der Waals surface area contributed by atoms with Crippen molar-refractivity contribution in [2.75, 3.05) is 5.32 Å². The predicted molar refractivity (Wildman–Crippen MR) is 77.5 cm³/mol. The number of amides is 1. The zero-order chi connectivity index (χ0) is 14.0. The maximum atomic E-state index is 11.7. The van der Waals surface area contributed by atoms with E-state index in [2.05, 4.69) is 17.2 Å². The molecule has 2 rings (SSSR count). The van der Waals surface area contributed by atoms with Crippen molar-refractivity contribution in [1.29, 1.82) is 0 Å². The molecule has 19 heavy (non-hydrogen) atoms. The first-order valence-corrected chi connectivity index (χ1v) is 6.49. The number of aryl methyl sites for hydroxylation is 1. The van der Waals surface area contributed by atoms with Gasteiger partial charge >= 0.3 is 6.09 Å². The number of nitrogens with one attached hydrogen (secondary N) is 2. The van der Waals surface area contributed by atoms with Crippen molar-refractivity contribution < 1.29 is 9.53 Å². The Morgan fingerprint density at radius 1 is 1.37 bits per heavy atom. The van der Waals surface area contributed by atoms with Gasteiger partial charge in [0.2, 0.25) is 0 Å². The summed E-state index contributed by atoms with van der Waals surface area (Å²) < 4.78 is 5.22. The van der Waals surface area contributed by atoms with Crippen molar-refractivity contribution in [3.63, 3.8) is 0 Å². The molecule has 0 atom stereocenters. The Morgan fingerprint density at radius 3 is 2.74 bits per heavy atom. The minimum atomic E-state index is -0.490. The van der Waals surface area contributed by atoms with E-state index in [-0.39, 0.29) is 0 Å². The first-order valence-electron chi connectivity index (χ1n) is 6.49. The molecule has 1 aromatic carbocycles. The lowest BCUT2D eigenvalue weighted by atomic mass is 10.1. The van der Waals surface area contributed by atoms with Crippen molar-refractivity contribution in [1.82, 2.24) is 4.98 Å². The van der Waals surface area contributed by atoms with Crippen LogP contribution in [0.4, 0.5) is 10.5 Å². The van der Waals surface area contributed by atoms with Crippen LogP contribution in [-0.4, -0.2) is 16.7 Å². The predicted octanol–water partition coefficient (Wildman–Crippen LogP) is 4.08. The standard InChI is InChI=1S/C15H20N2O2/c1-5-10-9-16-13-8-11(6-7-12(10)13)17-14(18)19-15(2,3)4/h6-9,16H,5H2,1-4H3,(H,17,18). The van der Waals surface area contributed by atoms with Gasteiger partial charge in [0.15, 0.2) is 0 Å². The molecule has 4 heteroatoms. The van der Waals surface area contributed by atoms with Gasteiger partial charge in [-0.05, 0) is 44.9 Å². The van der Waals surface area contributed by atoms with E-state index in [1.54, 1.807) is 0 Å². The summed E-state index contributed by atoms with van der Waals surface area (Å²) in [6, 6.07) is 5.81. The minimum Gasteiger partial charge on any atom is -0.444 e. The molecule has 0 fully saturated rings. The third-order valence-corrected chi connectivity index (χ3v) is 2.79. The molecular formula is C15H20N2O2. The maximum Gasteiger partial charge on any atom is 0.412 e. The fourth-order valence-corrected chi connectivity index (χ4v) is 1.98. The van der Waals surface area contributed by atoms with E-state index < -0.39 is 11.7 Å². The van der Waals surface area contributed by atoms with Crippen molar-refractivity contribution in [2.24, 2.45) is 0 Å². The van der Waals surface area contributed by atoms with Crippen LogP contribution in [0.3, 0.4) is 0 Å². The van der Waals surface area contributed by atoms with E-state index in [1.165, 1.54) is 10.9 Å². The number of ether oxygens (including phenoxy) is 1. The molecule has 0 saturated carbocycles. The lowest BCUT2D eigenvalue weighted by Crippen LogP contribution is -2.27. The monoisotopic (exact) mass is 260 g/mol. The lowest BCUT2D eigenvalue weighted by molar-refractivity contribution is 0.0636. The van der Waals surface area contributed by atoms with Gasteiger partial charge in [0.05, 0.1) is 0 Å². The smallest absolute Gasteiger partial charge is 0.412 e. The number of hydrogen-bond donors (Lipinski definition) is 2. The van der Waals surface area contributed by atoms with Crippen LogP contribution in [0.2, 0.25) is 0 Å². The van der Waals surface area contributed by atoms with Crippen LogP contribution < -0.4 is 5.32 Å². The third-order valence-electron chi connectivity index (χ3n) is 2.79. The van der Waals surface area contributed by atoms with Gasteiger partial charge in [-0.25, -0.2) is 4.79 Å². The number of carbonyl (C=O) groups excluding carboxylic acids is 1. The summed E-state index contributed by atoms with van der Waals surface area (Å²) in [5.74, 6) is 0. The van der Waals surface area contributed by atoms with Crippen LogP contribution in [-0.2, 0) is 11.2 Å². The highest BCUT2D eigenvalue weighted by Gasteiger charge is 2.16. The molecule has 2 aromatic rings. The Labute approximate surface area is 113 Å². The summed E-state index contributed by atoms with van der Waals surface area (Å²) in [6.07, 6.45) is 2.55. The SMILES string of the molecule is CCc1c[nH]c2cc(NC(=O)OC(C)(C)C)ccc12. The van der Waals surface area contributed by atoms with E-state index in [0.717, 1.165) is 17.6 Å². The number of carbonyl (C=O) groups is 1. The number of fused-ring (bicyclic) bond motifs is 1. The topological polar surface area (TPSA) is 54.1 Å². The largest absolute Gasteiger partial charge is 0.444 e. The maximum absolute atomic E-state index is 11.7. The van der Waals surface area contributed by atoms with Gasteiger partial charge in [-0.15, -0.1) is 0 Å². The molecule has 0 bridgehead atoms. The van der Waals surface area contributed by atoms with Crippen LogP contribution in [0.25, 0.3) is 10.9 Å². The first-order chi connectivity index (χ1) is 8.89. The zero-order valence-electron chi connectivity index (χ0n) is 11.8. The van der Waals surface area contributed by atoms with Crippen LogP contribution in [0, 0.1) is 0 Å². The number of rotatable bonds is 2. The van der Waals surface area contributed by atoms with Crippen LogP contribution >= 0.6 is 0 Å². The molecule has 1 aromatic heterocycles. The number of benzene rings is 1.